The Labute approximate surface area is 85.6 Å². The van der Waals surface area contributed by atoms with Crippen molar-refractivity contribution in [1.29, 1.82) is 0 Å². The Bertz CT molecular complexity index is 197. The lowest BCUT2D eigenvalue weighted by atomic mass is 10.2. The fourth-order valence-corrected chi connectivity index (χ4v) is 1.83. The van der Waals surface area contributed by atoms with E-state index in [9.17, 15) is 4.79 Å². The molecule has 2 unspecified atom stereocenters. The number of amides is 1. The second kappa shape index (κ2) is 5.32. The molecule has 0 aromatic heterocycles. The zero-order chi connectivity index (χ0) is 10.6. The third-order valence-corrected chi connectivity index (χ3v) is 2.68. The molecule has 1 saturated heterocycles. The summed E-state index contributed by atoms with van der Waals surface area (Å²) in [6, 6.07) is 0.0109. The fraction of sp³-hybridized carbons (Fsp3) is 0.900. The maximum Gasteiger partial charge on any atom is 0.241 e. The minimum Gasteiger partial charge on any atom is -0.383 e. The van der Waals surface area contributed by atoms with Gasteiger partial charge in [-0.15, -0.1) is 0 Å². The van der Waals surface area contributed by atoms with Crippen molar-refractivity contribution in [2.24, 2.45) is 0 Å². The molecular formula is C10H20N2O2. The molecule has 1 aliphatic heterocycles. The number of ether oxygens (including phenoxy) is 1. The van der Waals surface area contributed by atoms with E-state index in [0.717, 1.165) is 12.8 Å². The van der Waals surface area contributed by atoms with Crippen molar-refractivity contribution in [3.05, 3.63) is 0 Å². The van der Waals surface area contributed by atoms with Crippen LogP contribution in [0.5, 0.6) is 0 Å². The molecule has 0 saturated carbocycles. The highest BCUT2D eigenvalue weighted by Gasteiger charge is 2.35. The van der Waals surface area contributed by atoms with Crippen LogP contribution in [-0.2, 0) is 9.53 Å². The number of nitrogens with one attached hydrogen (secondary N) is 1. The van der Waals surface area contributed by atoms with Crippen LogP contribution >= 0.6 is 0 Å². The Morgan fingerprint density at radius 3 is 2.64 bits per heavy atom. The van der Waals surface area contributed by atoms with E-state index < -0.39 is 0 Å². The topological polar surface area (TPSA) is 41.6 Å². The average molecular weight is 200 g/mol. The molecular weight excluding hydrogens is 180 g/mol. The monoisotopic (exact) mass is 200 g/mol. The molecule has 0 spiro atoms. The molecule has 0 aliphatic carbocycles. The predicted molar refractivity (Wildman–Crippen MR) is 54.9 cm³/mol. The fourth-order valence-electron chi connectivity index (χ4n) is 1.83. The first-order chi connectivity index (χ1) is 6.74. The first-order valence-electron chi connectivity index (χ1n) is 5.30. The summed E-state index contributed by atoms with van der Waals surface area (Å²) in [6.45, 7) is 5.42. The molecule has 4 nitrogen and oxygen atoms in total. The highest BCUT2D eigenvalue weighted by molar-refractivity contribution is 5.84. The summed E-state index contributed by atoms with van der Waals surface area (Å²) in [4.78, 5) is 13.7. The normalized spacial score (nSPS) is 27.4. The number of hydrogen-bond donors (Lipinski definition) is 1. The zero-order valence-corrected chi connectivity index (χ0v) is 9.25. The van der Waals surface area contributed by atoms with Crippen LogP contribution in [0, 0.1) is 0 Å². The molecule has 0 bridgehead atoms. The summed E-state index contributed by atoms with van der Waals surface area (Å²) in [5.74, 6) is 0.219. The second-order valence-electron chi connectivity index (χ2n) is 3.58. The molecule has 1 amide bonds. The van der Waals surface area contributed by atoms with Crippen LogP contribution in [0.3, 0.4) is 0 Å². The summed E-state index contributed by atoms with van der Waals surface area (Å²) < 4.78 is 4.99. The van der Waals surface area contributed by atoms with Crippen LogP contribution in [0.1, 0.15) is 26.7 Å². The molecule has 1 heterocycles. The predicted octanol–water partition coefficient (Wildman–Crippen LogP) is 0.579. The van der Waals surface area contributed by atoms with Gasteiger partial charge in [0.25, 0.3) is 0 Å². The summed E-state index contributed by atoms with van der Waals surface area (Å²) in [5.41, 5.74) is 0. The van der Waals surface area contributed by atoms with Gasteiger partial charge in [-0.1, -0.05) is 13.8 Å². The molecule has 82 valence electrons. The van der Waals surface area contributed by atoms with Gasteiger partial charge in [0.15, 0.2) is 0 Å². The number of rotatable bonds is 5. The van der Waals surface area contributed by atoms with Gasteiger partial charge in [0.05, 0.1) is 18.8 Å². The Morgan fingerprint density at radius 1 is 1.43 bits per heavy atom. The van der Waals surface area contributed by atoms with Crippen LogP contribution in [0.25, 0.3) is 0 Å². The Kier molecular flexibility index (Phi) is 4.35. The van der Waals surface area contributed by atoms with Crippen LogP contribution in [-0.4, -0.2) is 43.3 Å². The third-order valence-electron chi connectivity index (χ3n) is 2.68. The van der Waals surface area contributed by atoms with Crippen LogP contribution in [0.4, 0.5) is 0 Å². The van der Waals surface area contributed by atoms with E-state index in [1.165, 1.54) is 0 Å². The van der Waals surface area contributed by atoms with Gasteiger partial charge in [-0.05, 0) is 12.8 Å². The minimum atomic E-state index is 0.0109. The lowest BCUT2D eigenvalue weighted by molar-refractivity contribution is -0.130. The molecule has 0 aromatic carbocycles. The average Bonchev–Trinajstić information content (AvgIpc) is 2.52. The smallest absolute Gasteiger partial charge is 0.241 e. The summed E-state index contributed by atoms with van der Waals surface area (Å²) in [5, 5.41) is 3.32. The van der Waals surface area contributed by atoms with E-state index in [2.05, 4.69) is 12.2 Å². The van der Waals surface area contributed by atoms with Crippen molar-refractivity contribution in [2.45, 2.75) is 38.9 Å². The lowest BCUT2D eigenvalue weighted by Gasteiger charge is -2.22. The molecule has 14 heavy (non-hydrogen) atoms. The van der Waals surface area contributed by atoms with E-state index in [4.69, 9.17) is 4.74 Å². The molecule has 1 rings (SSSR count). The Hall–Kier alpha value is -0.610. The number of methoxy groups -OCH3 is 1. The minimum absolute atomic E-state index is 0.0109. The Balaban J connectivity index is 2.56. The molecule has 1 aliphatic rings. The van der Waals surface area contributed by atoms with Gasteiger partial charge in [0.1, 0.15) is 0 Å². The van der Waals surface area contributed by atoms with Crippen LogP contribution in [0.2, 0.25) is 0 Å². The molecule has 2 atom stereocenters. The van der Waals surface area contributed by atoms with Crippen LogP contribution < -0.4 is 5.32 Å². The number of nitrogens with zero attached hydrogens (tertiary/aromatic N) is 1. The molecule has 1 fully saturated rings. The first kappa shape index (κ1) is 11.5. The van der Waals surface area contributed by atoms with Crippen molar-refractivity contribution in [3.8, 4) is 0 Å². The number of hydrogen-bond acceptors (Lipinski definition) is 3. The number of carbonyl (C=O) groups excluding carboxylic acids is 1. The quantitative estimate of drug-likeness (QED) is 0.706. The third kappa shape index (κ3) is 2.25. The highest BCUT2D eigenvalue weighted by Crippen LogP contribution is 2.14. The maximum atomic E-state index is 11.8. The second-order valence-corrected chi connectivity index (χ2v) is 3.58. The van der Waals surface area contributed by atoms with Gasteiger partial charge in [-0.3, -0.25) is 10.1 Å². The molecule has 1 N–H and O–H groups in total. The van der Waals surface area contributed by atoms with E-state index in [1.54, 1.807) is 7.11 Å². The summed E-state index contributed by atoms with van der Waals surface area (Å²) in [6.07, 6.45) is 2.01. The summed E-state index contributed by atoms with van der Waals surface area (Å²) in [7, 11) is 1.66. The largest absolute Gasteiger partial charge is 0.383 e. The van der Waals surface area contributed by atoms with E-state index in [-0.39, 0.29) is 18.1 Å². The summed E-state index contributed by atoms with van der Waals surface area (Å²) >= 11 is 0. The van der Waals surface area contributed by atoms with E-state index in [1.807, 2.05) is 11.8 Å². The van der Waals surface area contributed by atoms with Crippen molar-refractivity contribution in [1.82, 2.24) is 10.2 Å². The molecule has 0 aromatic rings. The lowest BCUT2D eigenvalue weighted by Crippen LogP contribution is -2.38. The van der Waals surface area contributed by atoms with Gasteiger partial charge < -0.3 is 9.64 Å². The first-order valence-corrected chi connectivity index (χ1v) is 5.30. The van der Waals surface area contributed by atoms with Crippen molar-refractivity contribution in [3.63, 3.8) is 0 Å². The van der Waals surface area contributed by atoms with Crippen molar-refractivity contribution in [2.75, 3.05) is 20.3 Å². The van der Waals surface area contributed by atoms with Gasteiger partial charge in [-0.25, -0.2) is 0 Å². The standard InChI is InChI=1S/C10H20N2O2/c1-4-8-10(13)12(6-7-14-3)9(5-2)11-8/h8-9,11H,4-7H2,1-3H3. The van der Waals surface area contributed by atoms with E-state index >= 15 is 0 Å². The van der Waals surface area contributed by atoms with Gasteiger partial charge in [-0.2, -0.15) is 0 Å². The van der Waals surface area contributed by atoms with Gasteiger partial charge >= 0.3 is 0 Å². The SMILES string of the molecule is CCC1NC(CC)N(CCOC)C1=O. The number of carbonyl (C=O) groups is 1. The van der Waals surface area contributed by atoms with Gasteiger partial charge in [0, 0.05) is 13.7 Å². The maximum absolute atomic E-state index is 11.8. The van der Waals surface area contributed by atoms with E-state index in [0.29, 0.717) is 13.2 Å². The Morgan fingerprint density at radius 2 is 2.14 bits per heavy atom. The molecule has 0 radical (unpaired) electrons. The van der Waals surface area contributed by atoms with Gasteiger partial charge in [0.2, 0.25) is 5.91 Å². The van der Waals surface area contributed by atoms with Crippen molar-refractivity contribution < 1.29 is 9.53 Å². The van der Waals surface area contributed by atoms with Crippen molar-refractivity contribution >= 4 is 5.91 Å². The van der Waals surface area contributed by atoms with Crippen LogP contribution in [0.15, 0.2) is 0 Å². The highest BCUT2D eigenvalue weighted by atomic mass is 16.5. The zero-order valence-electron chi connectivity index (χ0n) is 9.25. The molecule has 4 heteroatoms.